The Morgan fingerprint density at radius 2 is 2.19 bits per heavy atom. The van der Waals surface area contributed by atoms with Crippen LogP contribution in [0, 0.1) is 12.7 Å². The number of nitrogens with zero attached hydrogens (tertiary/aromatic N) is 1. The summed E-state index contributed by atoms with van der Waals surface area (Å²) >= 11 is 0. The van der Waals surface area contributed by atoms with Crippen molar-refractivity contribution in [3.8, 4) is 11.3 Å². The fraction of sp³-hybridized carbons (Fsp3) is 0.0909. The number of aromatic carboxylic acids is 1. The first-order valence-corrected chi connectivity index (χ1v) is 4.54. The quantitative estimate of drug-likeness (QED) is 0.846. The summed E-state index contributed by atoms with van der Waals surface area (Å²) in [7, 11) is 0. The maximum Gasteiger partial charge on any atom is 0.358 e. The molecule has 0 atom stereocenters. The molecule has 0 spiro atoms. The fourth-order valence-corrected chi connectivity index (χ4v) is 1.32. The van der Waals surface area contributed by atoms with Gasteiger partial charge in [-0.1, -0.05) is 11.2 Å². The molecule has 0 bridgehead atoms. The summed E-state index contributed by atoms with van der Waals surface area (Å²) in [6, 6.07) is 5.77. The Morgan fingerprint density at radius 3 is 2.75 bits per heavy atom. The SMILES string of the molecule is Cc1ccc(-c2cc(C(=O)O)no2)c(F)c1. The van der Waals surface area contributed by atoms with Crippen molar-refractivity contribution in [3.63, 3.8) is 0 Å². The second-order valence-electron chi connectivity index (χ2n) is 3.36. The largest absolute Gasteiger partial charge is 0.476 e. The van der Waals surface area contributed by atoms with E-state index in [1.807, 2.05) is 0 Å². The van der Waals surface area contributed by atoms with Crippen LogP contribution >= 0.6 is 0 Å². The van der Waals surface area contributed by atoms with Crippen molar-refractivity contribution in [2.45, 2.75) is 6.92 Å². The van der Waals surface area contributed by atoms with Gasteiger partial charge in [-0.25, -0.2) is 9.18 Å². The summed E-state index contributed by atoms with van der Waals surface area (Å²) in [5, 5.41) is 12.0. The molecule has 0 aliphatic heterocycles. The monoisotopic (exact) mass is 221 g/mol. The van der Waals surface area contributed by atoms with E-state index in [9.17, 15) is 9.18 Å². The zero-order chi connectivity index (χ0) is 11.7. The zero-order valence-corrected chi connectivity index (χ0v) is 8.40. The number of hydrogen-bond donors (Lipinski definition) is 1. The first-order chi connectivity index (χ1) is 7.58. The maximum absolute atomic E-state index is 13.5. The molecule has 0 fully saturated rings. The Morgan fingerprint density at radius 1 is 1.44 bits per heavy atom. The fourth-order valence-electron chi connectivity index (χ4n) is 1.32. The number of hydrogen-bond acceptors (Lipinski definition) is 3. The number of halogens is 1. The van der Waals surface area contributed by atoms with Crippen molar-refractivity contribution < 1.29 is 18.8 Å². The number of carbonyl (C=O) groups is 1. The van der Waals surface area contributed by atoms with Crippen molar-refractivity contribution in [1.29, 1.82) is 0 Å². The molecule has 5 heteroatoms. The lowest BCUT2D eigenvalue weighted by Crippen LogP contribution is -1.94. The number of rotatable bonds is 2. The zero-order valence-electron chi connectivity index (χ0n) is 8.40. The van der Waals surface area contributed by atoms with Gasteiger partial charge in [0.05, 0.1) is 5.56 Å². The van der Waals surface area contributed by atoms with Gasteiger partial charge in [-0.2, -0.15) is 0 Å². The van der Waals surface area contributed by atoms with Gasteiger partial charge in [0.25, 0.3) is 0 Å². The minimum absolute atomic E-state index is 0.106. The van der Waals surface area contributed by atoms with Gasteiger partial charge < -0.3 is 9.63 Å². The first-order valence-electron chi connectivity index (χ1n) is 4.54. The van der Waals surface area contributed by atoms with Crippen molar-refractivity contribution in [1.82, 2.24) is 5.16 Å². The predicted molar refractivity (Wildman–Crippen MR) is 53.6 cm³/mol. The highest BCUT2D eigenvalue weighted by Crippen LogP contribution is 2.24. The van der Waals surface area contributed by atoms with Crippen LogP contribution in [0.15, 0.2) is 28.8 Å². The Labute approximate surface area is 90.3 Å². The lowest BCUT2D eigenvalue weighted by molar-refractivity contribution is 0.0686. The lowest BCUT2D eigenvalue weighted by Gasteiger charge is -1.98. The molecule has 0 unspecified atom stereocenters. The Hall–Kier alpha value is -2.17. The van der Waals surface area contributed by atoms with E-state index in [0.29, 0.717) is 0 Å². The molecule has 2 aromatic rings. The third-order valence-electron chi connectivity index (χ3n) is 2.12. The van der Waals surface area contributed by atoms with Crippen molar-refractivity contribution in [3.05, 3.63) is 41.3 Å². The molecule has 1 aromatic heterocycles. The summed E-state index contributed by atoms with van der Waals surface area (Å²) in [5.41, 5.74) is 0.736. The van der Waals surface area contributed by atoms with Gasteiger partial charge in [-0.15, -0.1) is 0 Å². The molecule has 0 radical (unpaired) electrons. The Balaban J connectivity index is 2.46. The number of aromatic nitrogens is 1. The van der Waals surface area contributed by atoms with Crippen LogP contribution in [0.25, 0.3) is 11.3 Å². The van der Waals surface area contributed by atoms with Crippen LogP contribution in [-0.4, -0.2) is 16.2 Å². The minimum Gasteiger partial charge on any atom is -0.476 e. The van der Waals surface area contributed by atoms with Crippen molar-refractivity contribution in [2.24, 2.45) is 0 Å². The Kier molecular flexibility index (Phi) is 2.44. The summed E-state index contributed by atoms with van der Waals surface area (Å²) in [6.45, 7) is 1.76. The number of aryl methyl sites for hydroxylation is 1. The molecular formula is C11H8FNO3. The topological polar surface area (TPSA) is 63.3 Å². The van der Waals surface area contributed by atoms with Crippen LogP contribution in [-0.2, 0) is 0 Å². The van der Waals surface area contributed by atoms with Crippen LogP contribution in [0.2, 0.25) is 0 Å². The third-order valence-corrected chi connectivity index (χ3v) is 2.12. The van der Waals surface area contributed by atoms with Crippen LogP contribution < -0.4 is 0 Å². The summed E-state index contributed by atoms with van der Waals surface area (Å²) in [4.78, 5) is 10.6. The van der Waals surface area contributed by atoms with Crippen LogP contribution in [0.5, 0.6) is 0 Å². The van der Waals surface area contributed by atoms with E-state index in [2.05, 4.69) is 5.16 Å². The molecule has 1 N–H and O–H groups in total. The number of carboxylic acids is 1. The molecule has 82 valence electrons. The maximum atomic E-state index is 13.5. The molecule has 0 saturated heterocycles. The van der Waals surface area contributed by atoms with Crippen molar-refractivity contribution >= 4 is 5.97 Å². The number of carboxylic acid groups (broad SMARTS) is 1. The van der Waals surface area contributed by atoms with E-state index in [0.717, 1.165) is 5.56 Å². The molecule has 0 saturated carbocycles. The standard InChI is InChI=1S/C11H8FNO3/c1-6-2-3-7(8(12)4-6)10-5-9(11(14)15)13-16-10/h2-5H,1H3,(H,14,15). The average molecular weight is 221 g/mol. The molecule has 2 rings (SSSR count). The second kappa shape index (κ2) is 3.77. The van der Waals surface area contributed by atoms with Crippen molar-refractivity contribution in [2.75, 3.05) is 0 Å². The van der Waals surface area contributed by atoms with Crippen LogP contribution in [0.3, 0.4) is 0 Å². The first kappa shape index (κ1) is 10.4. The molecule has 1 heterocycles. The Bertz CT molecular complexity index is 548. The average Bonchev–Trinajstić information content (AvgIpc) is 2.66. The van der Waals surface area contributed by atoms with Crippen LogP contribution in [0.4, 0.5) is 4.39 Å². The van der Waals surface area contributed by atoms with E-state index < -0.39 is 11.8 Å². The smallest absolute Gasteiger partial charge is 0.358 e. The summed E-state index contributed by atoms with van der Waals surface area (Å²) in [6.07, 6.45) is 0. The highest BCUT2D eigenvalue weighted by molar-refractivity contribution is 5.86. The predicted octanol–water partition coefficient (Wildman–Crippen LogP) is 2.49. The molecule has 1 aromatic carbocycles. The van der Waals surface area contributed by atoms with E-state index in [1.54, 1.807) is 13.0 Å². The van der Waals surface area contributed by atoms with Gasteiger partial charge in [-0.3, -0.25) is 0 Å². The van der Waals surface area contributed by atoms with Gasteiger partial charge in [-0.05, 0) is 24.6 Å². The summed E-state index contributed by atoms with van der Waals surface area (Å²) < 4.78 is 18.3. The molecular weight excluding hydrogens is 213 g/mol. The molecule has 4 nitrogen and oxygen atoms in total. The van der Waals surface area contributed by atoms with E-state index >= 15 is 0 Å². The molecule has 16 heavy (non-hydrogen) atoms. The van der Waals surface area contributed by atoms with E-state index in [1.165, 1.54) is 18.2 Å². The van der Waals surface area contributed by atoms with Gasteiger partial charge >= 0.3 is 5.97 Å². The highest BCUT2D eigenvalue weighted by atomic mass is 19.1. The second-order valence-corrected chi connectivity index (χ2v) is 3.36. The van der Waals surface area contributed by atoms with Gasteiger partial charge in [0.2, 0.25) is 0 Å². The van der Waals surface area contributed by atoms with E-state index in [4.69, 9.17) is 9.63 Å². The highest BCUT2D eigenvalue weighted by Gasteiger charge is 2.14. The van der Waals surface area contributed by atoms with Gasteiger partial charge in [0.15, 0.2) is 11.5 Å². The van der Waals surface area contributed by atoms with Gasteiger partial charge in [0.1, 0.15) is 5.82 Å². The molecule has 0 amide bonds. The molecule has 0 aliphatic rings. The summed E-state index contributed by atoms with van der Waals surface area (Å²) in [5.74, 6) is -1.56. The molecule has 0 aliphatic carbocycles. The normalized spacial score (nSPS) is 10.4. The van der Waals surface area contributed by atoms with Crippen LogP contribution in [0.1, 0.15) is 16.1 Å². The minimum atomic E-state index is -1.21. The van der Waals surface area contributed by atoms with E-state index in [-0.39, 0.29) is 17.0 Å². The van der Waals surface area contributed by atoms with Gasteiger partial charge in [0, 0.05) is 6.07 Å². The third kappa shape index (κ3) is 1.79. The lowest BCUT2D eigenvalue weighted by atomic mass is 10.1. The number of benzene rings is 1.